The van der Waals surface area contributed by atoms with Crippen molar-refractivity contribution in [1.82, 2.24) is 0 Å². The van der Waals surface area contributed by atoms with Crippen molar-refractivity contribution >= 4 is 11.0 Å². The minimum absolute atomic E-state index is 0.273. The van der Waals surface area contributed by atoms with Crippen LogP contribution in [0.4, 0.5) is 4.39 Å². The Hall–Kier alpha value is -2.13. The van der Waals surface area contributed by atoms with Crippen LogP contribution in [0.3, 0.4) is 0 Å². The molecule has 3 rings (SSSR count). The molecule has 0 saturated heterocycles. The Labute approximate surface area is 116 Å². The summed E-state index contributed by atoms with van der Waals surface area (Å²) in [4.78, 5) is 0. The maximum atomic E-state index is 14.1. The van der Waals surface area contributed by atoms with Gasteiger partial charge < -0.3 is 9.52 Å². The van der Waals surface area contributed by atoms with Gasteiger partial charge in [0.05, 0.1) is 0 Å². The van der Waals surface area contributed by atoms with Crippen molar-refractivity contribution in [3.05, 3.63) is 70.7 Å². The number of rotatable bonds is 2. The Bertz CT molecular complexity index is 718. The molecule has 0 aliphatic rings. The summed E-state index contributed by atoms with van der Waals surface area (Å²) in [6, 6.07) is 12.5. The molecule has 1 unspecified atom stereocenters. The van der Waals surface area contributed by atoms with Crippen LogP contribution in [0.1, 0.15) is 28.6 Å². The first-order valence-corrected chi connectivity index (χ1v) is 6.49. The van der Waals surface area contributed by atoms with E-state index in [1.54, 1.807) is 13.0 Å². The zero-order valence-corrected chi connectivity index (χ0v) is 11.4. The van der Waals surface area contributed by atoms with Gasteiger partial charge in [-0.3, -0.25) is 0 Å². The summed E-state index contributed by atoms with van der Waals surface area (Å²) in [7, 11) is 0. The minimum atomic E-state index is -1.09. The van der Waals surface area contributed by atoms with E-state index in [4.69, 9.17) is 4.42 Å². The summed E-state index contributed by atoms with van der Waals surface area (Å²) < 4.78 is 19.7. The molecular weight excluding hydrogens is 255 g/mol. The second-order valence-corrected chi connectivity index (χ2v) is 5.07. The molecule has 3 heteroatoms. The molecule has 20 heavy (non-hydrogen) atoms. The maximum absolute atomic E-state index is 14.1. The lowest BCUT2D eigenvalue weighted by Crippen LogP contribution is -2.04. The van der Waals surface area contributed by atoms with Gasteiger partial charge in [0.15, 0.2) is 0 Å². The molecule has 2 nitrogen and oxygen atoms in total. The molecule has 0 saturated carbocycles. The van der Waals surface area contributed by atoms with Gasteiger partial charge in [0.2, 0.25) is 0 Å². The fourth-order valence-corrected chi connectivity index (χ4v) is 2.55. The van der Waals surface area contributed by atoms with Gasteiger partial charge in [-0.05, 0) is 43.2 Å². The molecule has 1 aromatic heterocycles. The Balaban J connectivity index is 2.10. The van der Waals surface area contributed by atoms with Crippen molar-refractivity contribution in [2.24, 2.45) is 0 Å². The van der Waals surface area contributed by atoms with Crippen molar-refractivity contribution in [3.8, 4) is 0 Å². The number of benzene rings is 2. The number of hydrogen-bond acceptors (Lipinski definition) is 2. The van der Waals surface area contributed by atoms with E-state index in [-0.39, 0.29) is 5.56 Å². The molecule has 1 heterocycles. The van der Waals surface area contributed by atoms with Gasteiger partial charge in [-0.15, -0.1) is 0 Å². The van der Waals surface area contributed by atoms with Gasteiger partial charge >= 0.3 is 0 Å². The number of fused-ring (bicyclic) bond motifs is 1. The molecule has 1 N–H and O–H groups in total. The third kappa shape index (κ3) is 2.10. The van der Waals surface area contributed by atoms with Crippen LogP contribution < -0.4 is 0 Å². The number of furan rings is 1. The second kappa shape index (κ2) is 4.76. The summed E-state index contributed by atoms with van der Waals surface area (Å²) in [6.45, 7) is 3.62. The van der Waals surface area contributed by atoms with Crippen LogP contribution in [0.15, 0.2) is 46.9 Å². The van der Waals surface area contributed by atoms with E-state index in [1.165, 1.54) is 6.07 Å². The Morgan fingerprint density at radius 3 is 2.55 bits per heavy atom. The molecule has 2 aromatic carbocycles. The number of aliphatic hydroxyl groups is 1. The zero-order chi connectivity index (χ0) is 14.3. The average Bonchev–Trinajstić information content (AvgIpc) is 2.81. The fourth-order valence-electron chi connectivity index (χ4n) is 2.55. The van der Waals surface area contributed by atoms with E-state index in [9.17, 15) is 9.50 Å². The van der Waals surface area contributed by atoms with Gasteiger partial charge in [-0.1, -0.05) is 24.3 Å². The topological polar surface area (TPSA) is 33.4 Å². The van der Waals surface area contributed by atoms with Crippen molar-refractivity contribution < 1.29 is 13.9 Å². The van der Waals surface area contributed by atoms with Crippen molar-refractivity contribution in [1.29, 1.82) is 0 Å². The molecule has 1 atom stereocenters. The summed E-state index contributed by atoms with van der Waals surface area (Å²) in [6.07, 6.45) is -1.09. The highest BCUT2D eigenvalue weighted by Crippen LogP contribution is 2.31. The largest absolute Gasteiger partial charge is 0.458 e. The third-order valence-electron chi connectivity index (χ3n) is 3.47. The van der Waals surface area contributed by atoms with Crippen molar-refractivity contribution in [2.75, 3.05) is 0 Å². The first-order valence-electron chi connectivity index (χ1n) is 6.49. The number of para-hydroxylation sites is 1. The van der Waals surface area contributed by atoms with Crippen LogP contribution >= 0.6 is 0 Å². The van der Waals surface area contributed by atoms with E-state index in [1.807, 2.05) is 37.3 Å². The minimum Gasteiger partial charge on any atom is -0.458 e. The van der Waals surface area contributed by atoms with Crippen LogP contribution in [-0.2, 0) is 0 Å². The standard InChI is InChI=1S/C17H15FO2/c1-10-7-11(2)16(13(18)8-10)17(19)15-9-12-5-3-4-6-14(12)20-15/h3-9,17,19H,1-2H3. The number of aryl methyl sites for hydroxylation is 2. The monoisotopic (exact) mass is 270 g/mol. The summed E-state index contributed by atoms with van der Waals surface area (Å²) >= 11 is 0. The summed E-state index contributed by atoms with van der Waals surface area (Å²) in [5, 5.41) is 11.3. The van der Waals surface area contributed by atoms with Crippen LogP contribution in [0.2, 0.25) is 0 Å². The van der Waals surface area contributed by atoms with E-state index >= 15 is 0 Å². The number of halogens is 1. The summed E-state index contributed by atoms with van der Waals surface area (Å²) in [5.41, 5.74) is 2.51. The SMILES string of the molecule is Cc1cc(C)c(C(O)c2cc3ccccc3o2)c(F)c1. The molecule has 0 spiro atoms. The van der Waals surface area contributed by atoms with Gasteiger partial charge in [0.25, 0.3) is 0 Å². The second-order valence-electron chi connectivity index (χ2n) is 5.07. The van der Waals surface area contributed by atoms with Crippen LogP contribution in [0, 0.1) is 19.7 Å². The van der Waals surface area contributed by atoms with E-state index in [0.29, 0.717) is 11.3 Å². The first-order chi connectivity index (χ1) is 9.56. The number of aliphatic hydroxyl groups excluding tert-OH is 1. The molecule has 0 aliphatic heterocycles. The lowest BCUT2D eigenvalue weighted by molar-refractivity contribution is 0.187. The van der Waals surface area contributed by atoms with E-state index in [0.717, 1.165) is 16.5 Å². The Morgan fingerprint density at radius 1 is 1.10 bits per heavy atom. The van der Waals surface area contributed by atoms with Crippen LogP contribution in [-0.4, -0.2) is 5.11 Å². The normalized spacial score (nSPS) is 12.8. The molecular formula is C17H15FO2. The first kappa shape index (κ1) is 12.9. The molecule has 102 valence electrons. The fraction of sp³-hybridized carbons (Fsp3) is 0.176. The molecule has 3 aromatic rings. The predicted molar refractivity (Wildman–Crippen MR) is 76.1 cm³/mol. The van der Waals surface area contributed by atoms with E-state index < -0.39 is 11.9 Å². The highest BCUT2D eigenvalue weighted by molar-refractivity contribution is 5.77. The molecule has 0 amide bonds. The lowest BCUT2D eigenvalue weighted by atomic mass is 9.99. The number of hydrogen-bond donors (Lipinski definition) is 1. The quantitative estimate of drug-likeness (QED) is 0.754. The molecule has 0 fully saturated rings. The van der Waals surface area contributed by atoms with Crippen LogP contribution in [0.25, 0.3) is 11.0 Å². The third-order valence-corrected chi connectivity index (χ3v) is 3.47. The smallest absolute Gasteiger partial charge is 0.140 e. The highest BCUT2D eigenvalue weighted by atomic mass is 19.1. The van der Waals surface area contributed by atoms with Gasteiger partial charge in [0.1, 0.15) is 23.3 Å². The lowest BCUT2D eigenvalue weighted by Gasteiger charge is -2.13. The van der Waals surface area contributed by atoms with Gasteiger partial charge in [-0.2, -0.15) is 0 Å². The highest BCUT2D eigenvalue weighted by Gasteiger charge is 2.21. The Morgan fingerprint density at radius 2 is 1.85 bits per heavy atom. The van der Waals surface area contributed by atoms with E-state index in [2.05, 4.69) is 0 Å². The predicted octanol–water partition coefficient (Wildman–Crippen LogP) is 4.27. The molecule has 0 aliphatic carbocycles. The Kier molecular flexibility index (Phi) is 3.07. The average molecular weight is 270 g/mol. The zero-order valence-electron chi connectivity index (χ0n) is 11.4. The maximum Gasteiger partial charge on any atom is 0.140 e. The molecule has 0 bridgehead atoms. The van der Waals surface area contributed by atoms with Gasteiger partial charge in [0, 0.05) is 10.9 Å². The van der Waals surface area contributed by atoms with Crippen molar-refractivity contribution in [2.45, 2.75) is 20.0 Å². The van der Waals surface area contributed by atoms with Gasteiger partial charge in [-0.25, -0.2) is 4.39 Å². The van der Waals surface area contributed by atoms with Crippen molar-refractivity contribution in [3.63, 3.8) is 0 Å². The van der Waals surface area contributed by atoms with Crippen LogP contribution in [0.5, 0.6) is 0 Å². The summed E-state index contributed by atoms with van der Waals surface area (Å²) in [5.74, 6) is -0.0486. The molecule has 0 radical (unpaired) electrons.